The molecule has 0 aliphatic rings. The van der Waals surface area contributed by atoms with Crippen molar-refractivity contribution in [2.75, 3.05) is 0 Å². The van der Waals surface area contributed by atoms with E-state index < -0.39 is 4.92 Å². The molecular formula is C19H19NO3. The van der Waals surface area contributed by atoms with Gasteiger partial charge in [-0.2, -0.15) is 0 Å². The van der Waals surface area contributed by atoms with Crippen LogP contribution in [0.5, 0.6) is 0 Å². The Balaban J connectivity index is 2.09. The number of rotatable bonds is 6. The first kappa shape index (κ1) is 16.6. The van der Waals surface area contributed by atoms with Crippen LogP contribution in [0.25, 0.3) is 6.08 Å². The second-order valence-corrected chi connectivity index (χ2v) is 5.84. The van der Waals surface area contributed by atoms with Crippen LogP contribution >= 0.6 is 0 Å². The van der Waals surface area contributed by atoms with Crippen molar-refractivity contribution in [2.45, 2.75) is 20.3 Å². The SMILES string of the molecule is CC(C)Cc1ccc(C(=O)C=Cc2cccc([N+](=O)[O-])c2)cc1. The van der Waals surface area contributed by atoms with Crippen LogP contribution in [0.15, 0.2) is 54.6 Å². The van der Waals surface area contributed by atoms with Crippen molar-refractivity contribution in [3.8, 4) is 0 Å². The highest BCUT2D eigenvalue weighted by Gasteiger charge is 2.05. The summed E-state index contributed by atoms with van der Waals surface area (Å²) in [6, 6.07) is 13.8. The zero-order valence-corrected chi connectivity index (χ0v) is 13.2. The molecule has 0 aromatic heterocycles. The van der Waals surface area contributed by atoms with Gasteiger partial charge >= 0.3 is 0 Å². The maximum absolute atomic E-state index is 12.1. The molecule has 2 aromatic carbocycles. The Morgan fingerprint density at radius 3 is 2.48 bits per heavy atom. The van der Waals surface area contributed by atoms with Crippen molar-refractivity contribution in [1.29, 1.82) is 0 Å². The lowest BCUT2D eigenvalue weighted by molar-refractivity contribution is -0.384. The fourth-order valence-corrected chi connectivity index (χ4v) is 2.29. The average molecular weight is 309 g/mol. The Hall–Kier alpha value is -2.75. The maximum atomic E-state index is 12.1. The fourth-order valence-electron chi connectivity index (χ4n) is 2.29. The molecular weight excluding hydrogens is 290 g/mol. The normalized spacial score (nSPS) is 11.1. The molecule has 0 radical (unpaired) electrons. The number of carbonyl (C=O) groups is 1. The topological polar surface area (TPSA) is 60.2 Å². The van der Waals surface area contributed by atoms with Gasteiger partial charge in [0, 0.05) is 17.7 Å². The van der Waals surface area contributed by atoms with Crippen LogP contribution in [0.3, 0.4) is 0 Å². The molecule has 2 rings (SSSR count). The fraction of sp³-hybridized carbons (Fsp3) is 0.211. The van der Waals surface area contributed by atoms with E-state index in [-0.39, 0.29) is 11.5 Å². The van der Waals surface area contributed by atoms with E-state index in [4.69, 9.17) is 0 Å². The van der Waals surface area contributed by atoms with Crippen LogP contribution < -0.4 is 0 Å². The van der Waals surface area contributed by atoms with Gasteiger partial charge in [-0.3, -0.25) is 14.9 Å². The summed E-state index contributed by atoms with van der Waals surface area (Å²) in [4.78, 5) is 22.4. The van der Waals surface area contributed by atoms with Crippen molar-refractivity contribution in [1.82, 2.24) is 0 Å². The van der Waals surface area contributed by atoms with Gasteiger partial charge in [-0.25, -0.2) is 0 Å². The van der Waals surface area contributed by atoms with Gasteiger partial charge in [0.15, 0.2) is 5.78 Å². The molecule has 0 saturated carbocycles. The molecule has 0 N–H and O–H groups in total. The van der Waals surface area contributed by atoms with Gasteiger partial charge < -0.3 is 0 Å². The summed E-state index contributed by atoms with van der Waals surface area (Å²) in [7, 11) is 0. The summed E-state index contributed by atoms with van der Waals surface area (Å²) in [5.74, 6) is 0.456. The van der Waals surface area contributed by atoms with Crippen molar-refractivity contribution >= 4 is 17.5 Å². The Morgan fingerprint density at radius 1 is 1.17 bits per heavy atom. The Morgan fingerprint density at radius 2 is 1.87 bits per heavy atom. The standard InChI is InChI=1S/C19H19NO3/c1-14(2)12-16-6-9-17(10-7-16)19(21)11-8-15-4-3-5-18(13-15)20(22)23/h3-11,13-14H,12H2,1-2H3. The summed E-state index contributed by atoms with van der Waals surface area (Å²) in [5, 5.41) is 10.7. The minimum atomic E-state index is -0.452. The van der Waals surface area contributed by atoms with Crippen LogP contribution in [-0.4, -0.2) is 10.7 Å². The third-order valence-electron chi connectivity index (χ3n) is 3.39. The maximum Gasteiger partial charge on any atom is 0.270 e. The number of nitrogens with zero attached hydrogens (tertiary/aromatic N) is 1. The number of carbonyl (C=O) groups excluding carboxylic acids is 1. The van der Waals surface area contributed by atoms with Crippen LogP contribution in [-0.2, 0) is 6.42 Å². The van der Waals surface area contributed by atoms with E-state index in [1.165, 1.54) is 23.8 Å². The molecule has 0 aliphatic carbocycles. The smallest absolute Gasteiger partial charge is 0.270 e. The van der Waals surface area contributed by atoms with Crippen molar-refractivity contribution in [3.63, 3.8) is 0 Å². The third kappa shape index (κ3) is 4.88. The average Bonchev–Trinajstić information content (AvgIpc) is 2.53. The zero-order chi connectivity index (χ0) is 16.8. The molecule has 0 unspecified atom stereocenters. The van der Waals surface area contributed by atoms with Crippen LogP contribution in [0.1, 0.15) is 35.3 Å². The van der Waals surface area contributed by atoms with Gasteiger partial charge in [0.2, 0.25) is 0 Å². The van der Waals surface area contributed by atoms with E-state index in [0.717, 1.165) is 6.42 Å². The number of allylic oxidation sites excluding steroid dienone is 1. The van der Waals surface area contributed by atoms with E-state index in [2.05, 4.69) is 13.8 Å². The highest BCUT2D eigenvalue weighted by Crippen LogP contribution is 2.15. The van der Waals surface area contributed by atoms with Crippen LogP contribution in [0.2, 0.25) is 0 Å². The molecule has 0 heterocycles. The molecule has 4 nitrogen and oxygen atoms in total. The monoisotopic (exact) mass is 309 g/mol. The predicted molar refractivity (Wildman–Crippen MR) is 91.4 cm³/mol. The number of benzene rings is 2. The molecule has 0 aliphatic heterocycles. The Kier molecular flexibility index (Phi) is 5.41. The minimum absolute atomic E-state index is 0.0117. The van der Waals surface area contributed by atoms with E-state index >= 15 is 0 Å². The molecule has 23 heavy (non-hydrogen) atoms. The molecule has 0 fully saturated rings. The van der Waals surface area contributed by atoms with Crippen LogP contribution in [0, 0.1) is 16.0 Å². The number of nitro groups is 1. The van der Waals surface area contributed by atoms with E-state index in [9.17, 15) is 14.9 Å². The van der Waals surface area contributed by atoms with Gasteiger partial charge in [0.1, 0.15) is 0 Å². The van der Waals surface area contributed by atoms with Gasteiger partial charge in [-0.1, -0.05) is 56.3 Å². The highest BCUT2D eigenvalue weighted by molar-refractivity contribution is 6.06. The summed E-state index contributed by atoms with van der Waals surface area (Å²) >= 11 is 0. The lowest BCUT2D eigenvalue weighted by atomic mass is 10.0. The summed E-state index contributed by atoms with van der Waals surface area (Å²) < 4.78 is 0. The lowest BCUT2D eigenvalue weighted by Gasteiger charge is -2.05. The van der Waals surface area contributed by atoms with E-state index in [1.807, 2.05) is 24.3 Å². The molecule has 0 atom stereocenters. The highest BCUT2D eigenvalue weighted by atomic mass is 16.6. The van der Waals surface area contributed by atoms with Gasteiger partial charge in [-0.15, -0.1) is 0 Å². The molecule has 118 valence electrons. The number of nitro benzene ring substituents is 1. The molecule has 4 heteroatoms. The molecule has 0 saturated heterocycles. The van der Waals surface area contributed by atoms with Crippen molar-refractivity contribution < 1.29 is 9.72 Å². The first-order valence-electron chi connectivity index (χ1n) is 7.51. The Labute approximate surface area is 135 Å². The first-order valence-corrected chi connectivity index (χ1v) is 7.51. The lowest BCUT2D eigenvalue weighted by Crippen LogP contribution is -1.97. The van der Waals surface area contributed by atoms with Crippen LogP contribution in [0.4, 0.5) is 5.69 Å². The van der Waals surface area contributed by atoms with E-state index in [1.54, 1.807) is 18.2 Å². The van der Waals surface area contributed by atoms with E-state index in [0.29, 0.717) is 17.0 Å². The van der Waals surface area contributed by atoms with Crippen molar-refractivity contribution in [3.05, 3.63) is 81.4 Å². The molecule has 0 bridgehead atoms. The van der Waals surface area contributed by atoms with Gasteiger partial charge in [-0.05, 0) is 29.5 Å². The largest absolute Gasteiger partial charge is 0.289 e. The predicted octanol–water partition coefficient (Wildman–Crippen LogP) is 4.69. The second kappa shape index (κ2) is 7.49. The summed E-state index contributed by atoms with van der Waals surface area (Å²) in [6.45, 7) is 4.31. The molecule has 2 aromatic rings. The Bertz CT molecular complexity index is 731. The molecule has 0 amide bonds. The third-order valence-corrected chi connectivity index (χ3v) is 3.39. The number of hydrogen-bond acceptors (Lipinski definition) is 3. The quantitative estimate of drug-likeness (QED) is 0.336. The van der Waals surface area contributed by atoms with Crippen molar-refractivity contribution in [2.24, 2.45) is 5.92 Å². The minimum Gasteiger partial charge on any atom is -0.289 e. The zero-order valence-electron chi connectivity index (χ0n) is 13.2. The molecule has 0 spiro atoms. The number of non-ortho nitro benzene ring substituents is 1. The summed E-state index contributed by atoms with van der Waals surface area (Å²) in [5.41, 5.74) is 2.46. The second-order valence-electron chi connectivity index (χ2n) is 5.84. The number of ketones is 1. The summed E-state index contributed by atoms with van der Waals surface area (Å²) in [6.07, 6.45) is 4.02. The first-order chi connectivity index (χ1) is 11.0. The number of hydrogen-bond donors (Lipinski definition) is 0. The van der Waals surface area contributed by atoms with Gasteiger partial charge in [0.25, 0.3) is 5.69 Å². The van der Waals surface area contributed by atoms with Gasteiger partial charge in [0.05, 0.1) is 4.92 Å².